The molecule has 25 heavy (non-hydrogen) atoms. The maximum Gasteiger partial charge on any atom is 0.253 e. The minimum atomic E-state index is -0.0975. The fourth-order valence-electron chi connectivity index (χ4n) is 2.97. The van der Waals surface area contributed by atoms with Gasteiger partial charge in [-0.05, 0) is 43.2 Å². The second-order valence-electron chi connectivity index (χ2n) is 6.08. The van der Waals surface area contributed by atoms with Crippen LogP contribution in [-0.4, -0.2) is 22.6 Å². The molecule has 5 heteroatoms. The van der Waals surface area contributed by atoms with E-state index < -0.39 is 0 Å². The first-order valence-electron chi connectivity index (χ1n) is 8.52. The van der Waals surface area contributed by atoms with Gasteiger partial charge in [-0.3, -0.25) is 4.79 Å². The van der Waals surface area contributed by atoms with Crippen LogP contribution < -0.4 is 10.1 Å². The normalized spacial score (nSPS) is 12.1. The molecule has 0 radical (unpaired) electrons. The molecule has 0 aliphatic rings. The molecule has 1 amide bonds. The van der Waals surface area contributed by atoms with Gasteiger partial charge in [0.05, 0.1) is 18.7 Å². The Kier molecular flexibility index (Phi) is 5.03. The highest BCUT2D eigenvalue weighted by atomic mass is 16.5. The highest BCUT2D eigenvalue weighted by Gasteiger charge is 2.17. The van der Waals surface area contributed by atoms with E-state index in [0.29, 0.717) is 5.56 Å². The van der Waals surface area contributed by atoms with Crippen LogP contribution in [0, 0.1) is 0 Å². The molecule has 5 nitrogen and oxygen atoms in total. The third kappa shape index (κ3) is 3.50. The average molecular weight is 337 g/mol. The summed E-state index contributed by atoms with van der Waals surface area (Å²) in [5.41, 5.74) is 2.55. The smallest absolute Gasteiger partial charge is 0.253 e. The second kappa shape index (κ2) is 7.38. The van der Waals surface area contributed by atoms with Crippen LogP contribution in [0.5, 0.6) is 5.75 Å². The number of aryl methyl sites for hydroxylation is 1. The number of nitrogens with zero attached hydrogens (tertiary/aromatic N) is 2. The molecular formula is C20H23N3O2. The second-order valence-corrected chi connectivity index (χ2v) is 6.08. The number of pyridine rings is 1. The Balaban J connectivity index is 1.84. The highest BCUT2D eigenvalue weighted by molar-refractivity contribution is 6.06. The third-order valence-corrected chi connectivity index (χ3v) is 4.31. The molecule has 3 aromatic rings. The fraction of sp³-hybridized carbons (Fsp3) is 0.300. The van der Waals surface area contributed by atoms with Gasteiger partial charge in [-0.2, -0.15) is 0 Å². The molecule has 3 rings (SSSR count). The molecule has 0 spiro atoms. The summed E-state index contributed by atoms with van der Waals surface area (Å²) in [5.74, 6) is 0.715. The van der Waals surface area contributed by atoms with E-state index in [1.54, 1.807) is 13.3 Å². The first-order valence-corrected chi connectivity index (χ1v) is 8.52. The van der Waals surface area contributed by atoms with Crippen molar-refractivity contribution in [2.45, 2.75) is 32.9 Å². The van der Waals surface area contributed by atoms with Crippen LogP contribution in [-0.2, 0) is 6.54 Å². The van der Waals surface area contributed by atoms with Crippen LogP contribution in [0.1, 0.15) is 42.2 Å². The largest absolute Gasteiger partial charge is 0.497 e. The first-order chi connectivity index (χ1) is 12.1. The van der Waals surface area contributed by atoms with Crippen molar-refractivity contribution in [1.29, 1.82) is 0 Å². The Bertz CT molecular complexity index is 868. The molecule has 130 valence electrons. The van der Waals surface area contributed by atoms with Crippen LogP contribution in [0.3, 0.4) is 0 Å². The number of fused-ring (bicyclic) bond motifs is 1. The molecule has 0 saturated heterocycles. The van der Waals surface area contributed by atoms with E-state index in [9.17, 15) is 4.79 Å². The SMILES string of the molecule is CCCn1cc(C(=O)NC(C)c2ccc(OC)cc2)c2cccnc21. The number of hydrogen-bond acceptors (Lipinski definition) is 3. The quantitative estimate of drug-likeness (QED) is 0.741. The summed E-state index contributed by atoms with van der Waals surface area (Å²) in [4.78, 5) is 17.2. The molecule has 1 N–H and O–H groups in total. The van der Waals surface area contributed by atoms with Crippen LogP contribution in [0.4, 0.5) is 0 Å². The number of rotatable bonds is 6. The van der Waals surface area contributed by atoms with Crippen molar-refractivity contribution in [3.63, 3.8) is 0 Å². The van der Waals surface area contributed by atoms with Crippen molar-refractivity contribution in [1.82, 2.24) is 14.9 Å². The van der Waals surface area contributed by atoms with Crippen molar-refractivity contribution in [3.05, 3.63) is 59.9 Å². The van der Waals surface area contributed by atoms with E-state index in [1.165, 1.54) is 0 Å². The average Bonchev–Trinajstić information content (AvgIpc) is 3.01. The highest BCUT2D eigenvalue weighted by Crippen LogP contribution is 2.22. The van der Waals surface area contributed by atoms with Crippen LogP contribution in [0.25, 0.3) is 11.0 Å². The topological polar surface area (TPSA) is 56.2 Å². The van der Waals surface area contributed by atoms with E-state index >= 15 is 0 Å². The molecule has 2 aromatic heterocycles. The van der Waals surface area contributed by atoms with E-state index in [4.69, 9.17) is 4.74 Å². The Morgan fingerprint density at radius 1 is 1.28 bits per heavy atom. The Labute approximate surface area is 147 Å². The molecule has 0 fully saturated rings. The minimum Gasteiger partial charge on any atom is -0.497 e. The Morgan fingerprint density at radius 2 is 2.04 bits per heavy atom. The van der Waals surface area contributed by atoms with Crippen molar-refractivity contribution >= 4 is 16.9 Å². The van der Waals surface area contributed by atoms with E-state index in [2.05, 4.69) is 17.2 Å². The minimum absolute atomic E-state index is 0.0869. The van der Waals surface area contributed by atoms with Gasteiger partial charge in [-0.1, -0.05) is 19.1 Å². The lowest BCUT2D eigenvalue weighted by molar-refractivity contribution is 0.0941. The van der Waals surface area contributed by atoms with Crippen molar-refractivity contribution in [3.8, 4) is 5.75 Å². The van der Waals surface area contributed by atoms with Gasteiger partial charge in [-0.25, -0.2) is 4.98 Å². The summed E-state index contributed by atoms with van der Waals surface area (Å²) in [6.07, 6.45) is 4.65. The summed E-state index contributed by atoms with van der Waals surface area (Å²) in [7, 11) is 1.64. The van der Waals surface area contributed by atoms with Gasteiger partial charge >= 0.3 is 0 Å². The number of benzene rings is 1. The third-order valence-electron chi connectivity index (χ3n) is 4.31. The zero-order valence-corrected chi connectivity index (χ0v) is 14.8. The molecule has 1 aromatic carbocycles. The van der Waals surface area contributed by atoms with E-state index in [0.717, 1.165) is 35.3 Å². The fourth-order valence-corrected chi connectivity index (χ4v) is 2.97. The van der Waals surface area contributed by atoms with E-state index in [1.807, 2.05) is 54.1 Å². The zero-order chi connectivity index (χ0) is 17.8. The van der Waals surface area contributed by atoms with Gasteiger partial charge < -0.3 is 14.6 Å². The molecule has 1 unspecified atom stereocenters. The van der Waals surface area contributed by atoms with Gasteiger partial charge in [0.25, 0.3) is 5.91 Å². The molecule has 0 aliphatic heterocycles. The first kappa shape index (κ1) is 17.0. The summed E-state index contributed by atoms with van der Waals surface area (Å²) < 4.78 is 7.22. The predicted octanol–water partition coefficient (Wildman–Crippen LogP) is 3.95. The van der Waals surface area contributed by atoms with Crippen LogP contribution in [0.2, 0.25) is 0 Å². The van der Waals surface area contributed by atoms with Crippen molar-refractivity contribution in [2.24, 2.45) is 0 Å². The Morgan fingerprint density at radius 3 is 2.72 bits per heavy atom. The number of carbonyl (C=O) groups excluding carboxylic acids is 1. The van der Waals surface area contributed by atoms with Gasteiger partial charge in [0.15, 0.2) is 0 Å². The predicted molar refractivity (Wildman–Crippen MR) is 98.9 cm³/mol. The summed E-state index contributed by atoms with van der Waals surface area (Å²) >= 11 is 0. The van der Waals surface area contributed by atoms with Crippen LogP contribution >= 0.6 is 0 Å². The maximum absolute atomic E-state index is 12.8. The summed E-state index contributed by atoms with van der Waals surface area (Å²) in [6, 6.07) is 11.4. The summed E-state index contributed by atoms with van der Waals surface area (Å²) in [6.45, 7) is 4.93. The van der Waals surface area contributed by atoms with Crippen molar-refractivity contribution < 1.29 is 9.53 Å². The van der Waals surface area contributed by atoms with Gasteiger partial charge in [0.2, 0.25) is 0 Å². The molecule has 2 heterocycles. The molecule has 0 bridgehead atoms. The molecule has 0 aliphatic carbocycles. The standard InChI is InChI=1S/C20H23N3O2/c1-4-12-23-13-18(17-6-5-11-21-19(17)23)20(24)22-14(2)15-7-9-16(25-3)10-8-15/h5-11,13-14H,4,12H2,1-3H3,(H,22,24). The number of carbonyl (C=O) groups is 1. The van der Waals surface area contributed by atoms with Crippen LogP contribution in [0.15, 0.2) is 48.8 Å². The van der Waals surface area contributed by atoms with Gasteiger partial charge in [0, 0.05) is 24.3 Å². The maximum atomic E-state index is 12.8. The monoisotopic (exact) mass is 337 g/mol. The van der Waals surface area contributed by atoms with E-state index in [-0.39, 0.29) is 11.9 Å². The molecule has 0 saturated carbocycles. The molecular weight excluding hydrogens is 314 g/mol. The number of ether oxygens (including phenoxy) is 1. The zero-order valence-electron chi connectivity index (χ0n) is 14.8. The number of hydrogen-bond donors (Lipinski definition) is 1. The number of aromatic nitrogens is 2. The lowest BCUT2D eigenvalue weighted by atomic mass is 10.1. The van der Waals surface area contributed by atoms with Gasteiger partial charge in [0.1, 0.15) is 11.4 Å². The number of methoxy groups -OCH3 is 1. The molecule has 1 atom stereocenters. The lowest BCUT2D eigenvalue weighted by Crippen LogP contribution is -2.26. The summed E-state index contributed by atoms with van der Waals surface area (Å²) in [5, 5.41) is 3.96. The Hall–Kier alpha value is -2.82. The van der Waals surface area contributed by atoms with Crippen molar-refractivity contribution in [2.75, 3.05) is 7.11 Å². The number of amides is 1. The lowest BCUT2D eigenvalue weighted by Gasteiger charge is -2.14. The van der Waals surface area contributed by atoms with Gasteiger partial charge in [-0.15, -0.1) is 0 Å². The number of nitrogens with one attached hydrogen (secondary N) is 1.